The molecule has 0 saturated heterocycles. The lowest BCUT2D eigenvalue weighted by atomic mass is 10.1. The number of nitrogens with two attached hydrogens (primary N) is 1. The molecule has 0 aliphatic carbocycles. The van der Waals surface area contributed by atoms with Crippen molar-refractivity contribution in [3.8, 4) is 11.3 Å². The molecule has 0 aliphatic heterocycles. The van der Waals surface area contributed by atoms with Crippen molar-refractivity contribution < 1.29 is 8.78 Å². The van der Waals surface area contributed by atoms with Crippen molar-refractivity contribution >= 4 is 17.7 Å². The molecule has 2 rings (SSSR count). The van der Waals surface area contributed by atoms with Crippen LogP contribution in [-0.2, 0) is 0 Å². The summed E-state index contributed by atoms with van der Waals surface area (Å²) in [4.78, 5) is 8.55. The number of thioether (sulfide) groups is 1. The molecule has 1 aromatic heterocycles. The molecule has 0 saturated carbocycles. The Hall–Kier alpha value is -1.69. The molecular weight excluding hydrogens is 256 g/mol. The van der Waals surface area contributed by atoms with Gasteiger partial charge in [-0.2, -0.15) is 8.78 Å². The zero-order chi connectivity index (χ0) is 13.1. The molecular formula is C12H11F2N3S. The number of aryl methyl sites for hydroxylation is 1. The molecule has 0 aliphatic rings. The minimum atomic E-state index is -2.41. The van der Waals surface area contributed by atoms with Crippen LogP contribution < -0.4 is 5.73 Å². The highest BCUT2D eigenvalue weighted by Gasteiger charge is 2.08. The Balaban J connectivity index is 2.31. The van der Waals surface area contributed by atoms with Crippen molar-refractivity contribution in [3.05, 3.63) is 36.0 Å². The highest BCUT2D eigenvalue weighted by Crippen LogP contribution is 2.28. The topological polar surface area (TPSA) is 51.8 Å². The maximum absolute atomic E-state index is 12.2. The van der Waals surface area contributed by atoms with E-state index >= 15 is 0 Å². The highest BCUT2D eigenvalue weighted by atomic mass is 32.2. The van der Waals surface area contributed by atoms with E-state index in [1.54, 1.807) is 30.5 Å². The smallest absolute Gasteiger partial charge is 0.288 e. The van der Waals surface area contributed by atoms with Crippen LogP contribution in [0.4, 0.5) is 14.7 Å². The number of aromatic nitrogens is 2. The third-order valence-electron chi connectivity index (χ3n) is 2.34. The summed E-state index contributed by atoms with van der Waals surface area (Å²) >= 11 is 0.519. The fourth-order valence-electron chi connectivity index (χ4n) is 1.54. The molecule has 0 bridgehead atoms. The number of anilines is 1. The first-order valence-electron chi connectivity index (χ1n) is 5.20. The summed E-state index contributed by atoms with van der Waals surface area (Å²) in [6.45, 7) is 1.87. The summed E-state index contributed by atoms with van der Waals surface area (Å²) in [5.41, 5.74) is 7.97. The van der Waals surface area contributed by atoms with E-state index in [0.29, 0.717) is 16.7 Å². The minimum absolute atomic E-state index is 0.196. The molecule has 1 aromatic carbocycles. The number of benzene rings is 1. The Labute approximate surface area is 107 Å². The van der Waals surface area contributed by atoms with Gasteiger partial charge in [-0.15, -0.1) is 0 Å². The van der Waals surface area contributed by atoms with Crippen molar-refractivity contribution in [1.82, 2.24) is 9.97 Å². The van der Waals surface area contributed by atoms with Gasteiger partial charge >= 0.3 is 0 Å². The van der Waals surface area contributed by atoms with Crippen LogP contribution in [0.5, 0.6) is 0 Å². The maximum Gasteiger partial charge on any atom is 0.288 e. The molecule has 2 aromatic rings. The molecule has 0 amide bonds. The average molecular weight is 267 g/mol. The van der Waals surface area contributed by atoms with Crippen molar-refractivity contribution in [1.29, 1.82) is 0 Å². The standard InChI is InChI=1S/C12H11F2N3S/c1-7-6-16-12(15)17-10(7)8-2-4-9(5-3-8)18-11(13)14/h2-6,11H,1H3,(H2,15,16,17). The van der Waals surface area contributed by atoms with Gasteiger partial charge in [-0.3, -0.25) is 0 Å². The van der Waals surface area contributed by atoms with Crippen molar-refractivity contribution in [3.63, 3.8) is 0 Å². The second-order valence-corrected chi connectivity index (χ2v) is 4.73. The molecule has 0 radical (unpaired) electrons. The second kappa shape index (κ2) is 5.30. The zero-order valence-corrected chi connectivity index (χ0v) is 10.4. The second-order valence-electron chi connectivity index (χ2n) is 3.66. The Morgan fingerprint density at radius 1 is 1.22 bits per heavy atom. The van der Waals surface area contributed by atoms with Crippen LogP contribution in [-0.4, -0.2) is 15.7 Å². The van der Waals surface area contributed by atoms with E-state index in [0.717, 1.165) is 16.8 Å². The van der Waals surface area contributed by atoms with Crippen LogP contribution in [0.1, 0.15) is 5.56 Å². The number of hydrogen-bond donors (Lipinski definition) is 1. The van der Waals surface area contributed by atoms with Gasteiger partial charge in [-0.1, -0.05) is 23.9 Å². The third kappa shape index (κ3) is 2.95. The monoisotopic (exact) mass is 267 g/mol. The van der Waals surface area contributed by atoms with Crippen LogP contribution in [0.15, 0.2) is 35.4 Å². The normalized spacial score (nSPS) is 10.9. The molecule has 0 fully saturated rings. The first kappa shape index (κ1) is 12.8. The predicted molar refractivity (Wildman–Crippen MR) is 68.5 cm³/mol. The van der Waals surface area contributed by atoms with Gasteiger partial charge in [0.15, 0.2) is 0 Å². The Morgan fingerprint density at radius 3 is 2.50 bits per heavy atom. The first-order chi connectivity index (χ1) is 8.56. The third-order valence-corrected chi connectivity index (χ3v) is 3.07. The van der Waals surface area contributed by atoms with Crippen LogP contribution in [0.2, 0.25) is 0 Å². The Morgan fingerprint density at radius 2 is 1.89 bits per heavy atom. The fourth-order valence-corrected chi connectivity index (χ4v) is 2.04. The van der Waals surface area contributed by atoms with Crippen molar-refractivity contribution in [2.75, 3.05) is 5.73 Å². The number of rotatable bonds is 3. The van der Waals surface area contributed by atoms with Gasteiger partial charge in [0, 0.05) is 16.7 Å². The van der Waals surface area contributed by atoms with Gasteiger partial charge < -0.3 is 5.73 Å². The Bertz CT molecular complexity index is 544. The van der Waals surface area contributed by atoms with Crippen LogP contribution in [0.3, 0.4) is 0 Å². The lowest BCUT2D eigenvalue weighted by molar-refractivity contribution is 0.252. The van der Waals surface area contributed by atoms with E-state index < -0.39 is 5.76 Å². The molecule has 3 nitrogen and oxygen atoms in total. The van der Waals surface area contributed by atoms with Crippen molar-refractivity contribution in [2.24, 2.45) is 0 Å². The zero-order valence-electron chi connectivity index (χ0n) is 9.60. The summed E-state index contributed by atoms with van der Waals surface area (Å²) < 4.78 is 24.4. The minimum Gasteiger partial charge on any atom is -0.368 e. The number of hydrogen-bond acceptors (Lipinski definition) is 4. The molecule has 18 heavy (non-hydrogen) atoms. The highest BCUT2D eigenvalue weighted by molar-refractivity contribution is 7.99. The van der Waals surface area contributed by atoms with Crippen LogP contribution in [0, 0.1) is 6.92 Å². The van der Waals surface area contributed by atoms with Crippen LogP contribution >= 0.6 is 11.8 Å². The molecule has 0 atom stereocenters. The van der Waals surface area contributed by atoms with E-state index in [1.165, 1.54) is 0 Å². The van der Waals surface area contributed by atoms with E-state index in [2.05, 4.69) is 9.97 Å². The number of alkyl halides is 2. The molecule has 2 N–H and O–H groups in total. The van der Waals surface area contributed by atoms with E-state index in [9.17, 15) is 8.78 Å². The SMILES string of the molecule is Cc1cnc(N)nc1-c1ccc(SC(F)F)cc1. The summed E-state index contributed by atoms with van der Waals surface area (Å²) in [7, 11) is 0. The number of nitrogen functional groups attached to an aromatic ring is 1. The predicted octanol–water partition coefficient (Wildman–Crippen LogP) is 3.35. The number of nitrogens with zero attached hydrogens (tertiary/aromatic N) is 2. The van der Waals surface area contributed by atoms with Gasteiger partial charge in [0.2, 0.25) is 5.95 Å². The first-order valence-corrected chi connectivity index (χ1v) is 6.08. The summed E-state index contributed by atoms with van der Waals surface area (Å²) in [5, 5.41) is 0. The molecule has 94 valence electrons. The molecule has 6 heteroatoms. The largest absolute Gasteiger partial charge is 0.368 e. The number of halogens is 2. The lowest BCUT2D eigenvalue weighted by Crippen LogP contribution is -1.98. The quantitative estimate of drug-likeness (QED) is 0.866. The van der Waals surface area contributed by atoms with Crippen molar-refractivity contribution in [2.45, 2.75) is 17.6 Å². The van der Waals surface area contributed by atoms with E-state index in [1.807, 2.05) is 6.92 Å². The molecule has 0 spiro atoms. The summed E-state index contributed by atoms with van der Waals surface area (Å²) in [6.07, 6.45) is 1.64. The summed E-state index contributed by atoms with van der Waals surface area (Å²) in [5.74, 6) is -2.21. The van der Waals surface area contributed by atoms with Gasteiger partial charge in [-0.25, -0.2) is 9.97 Å². The lowest BCUT2D eigenvalue weighted by Gasteiger charge is -2.06. The summed E-state index contributed by atoms with van der Waals surface area (Å²) in [6, 6.07) is 6.78. The van der Waals surface area contributed by atoms with Gasteiger partial charge in [-0.05, 0) is 24.6 Å². The van der Waals surface area contributed by atoms with E-state index in [-0.39, 0.29) is 5.95 Å². The van der Waals surface area contributed by atoms with Gasteiger partial charge in [0.25, 0.3) is 5.76 Å². The van der Waals surface area contributed by atoms with E-state index in [4.69, 9.17) is 5.73 Å². The fraction of sp³-hybridized carbons (Fsp3) is 0.167. The maximum atomic E-state index is 12.2. The van der Waals surface area contributed by atoms with Gasteiger partial charge in [0.05, 0.1) is 5.69 Å². The van der Waals surface area contributed by atoms with Gasteiger partial charge in [0.1, 0.15) is 0 Å². The van der Waals surface area contributed by atoms with Crippen LogP contribution in [0.25, 0.3) is 11.3 Å². The Kier molecular flexibility index (Phi) is 3.76. The molecule has 0 unspecified atom stereocenters. The average Bonchev–Trinajstić information content (AvgIpc) is 2.33. The molecule has 1 heterocycles.